The van der Waals surface area contributed by atoms with Crippen molar-refractivity contribution in [2.45, 2.75) is 13.5 Å². The van der Waals surface area contributed by atoms with Crippen LogP contribution in [0.3, 0.4) is 0 Å². The van der Waals surface area contributed by atoms with Crippen LogP contribution in [0, 0.1) is 0 Å². The quantitative estimate of drug-likeness (QED) is 0.805. The topological polar surface area (TPSA) is 110 Å². The van der Waals surface area contributed by atoms with Crippen LogP contribution in [0.5, 0.6) is 0 Å². The highest BCUT2D eigenvalue weighted by molar-refractivity contribution is 5.92. The van der Waals surface area contributed by atoms with Crippen molar-refractivity contribution in [3.8, 4) is 11.3 Å². The Morgan fingerprint density at radius 3 is 2.65 bits per heavy atom. The summed E-state index contributed by atoms with van der Waals surface area (Å²) in [5.41, 5.74) is 0.679. The molecule has 2 aromatic rings. The molecule has 8 nitrogen and oxygen atoms in total. The van der Waals surface area contributed by atoms with E-state index in [1.807, 2.05) is 0 Å². The Labute approximate surface area is 114 Å². The number of carboxylic acid groups (broad SMARTS) is 1. The molecule has 0 aliphatic heterocycles. The number of carbonyl (C=O) groups excluding carboxylic acids is 1. The lowest BCUT2D eigenvalue weighted by Crippen LogP contribution is -2.28. The Balaban J connectivity index is 2.43. The monoisotopic (exact) mass is 275 g/mol. The molecule has 1 amide bonds. The minimum atomic E-state index is -1.20. The lowest BCUT2D eigenvalue weighted by Gasteiger charge is -2.07. The van der Waals surface area contributed by atoms with Gasteiger partial charge in [-0.3, -0.25) is 9.78 Å². The Bertz CT molecular complexity index is 623. The molecule has 104 valence electrons. The molecule has 0 aliphatic rings. The Kier molecular flexibility index (Phi) is 4.04. The minimum absolute atomic E-state index is 0.0915. The summed E-state index contributed by atoms with van der Waals surface area (Å²) in [7, 11) is 0. The first kappa shape index (κ1) is 13.7. The fourth-order valence-corrected chi connectivity index (χ4v) is 1.75. The lowest BCUT2D eigenvalue weighted by atomic mass is 10.1. The van der Waals surface area contributed by atoms with Gasteiger partial charge in [-0.05, 0) is 19.1 Å². The van der Waals surface area contributed by atoms with E-state index in [-0.39, 0.29) is 23.8 Å². The molecule has 0 bridgehead atoms. The third-order valence-electron chi connectivity index (χ3n) is 2.56. The molecular formula is C12H13N5O3. The largest absolute Gasteiger partial charge is 0.476 e. The third kappa shape index (κ3) is 2.79. The van der Waals surface area contributed by atoms with Crippen molar-refractivity contribution in [1.29, 1.82) is 0 Å². The van der Waals surface area contributed by atoms with Gasteiger partial charge >= 0.3 is 5.97 Å². The molecule has 0 unspecified atom stereocenters. The van der Waals surface area contributed by atoms with Crippen LogP contribution in [0.4, 0.5) is 0 Å². The number of hydrogen-bond donors (Lipinski definition) is 2. The molecule has 0 aromatic carbocycles. The van der Waals surface area contributed by atoms with Crippen LogP contribution in [-0.2, 0) is 11.3 Å². The summed E-state index contributed by atoms with van der Waals surface area (Å²) < 4.78 is 1.27. The standard InChI is InChI=1S/C12H13N5O3/c1-2-14-9(18)7-17-11(8-3-5-13-6-4-8)10(12(19)20)15-16-17/h3-6H,2,7H2,1H3,(H,14,18)(H,19,20). The van der Waals surface area contributed by atoms with Crippen LogP contribution in [0.1, 0.15) is 17.4 Å². The van der Waals surface area contributed by atoms with Gasteiger partial charge in [-0.25, -0.2) is 9.48 Å². The summed E-state index contributed by atoms with van der Waals surface area (Å²) in [4.78, 5) is 26.7. The summed E-state index contributed by atoms with van der Waals surface area (Å²) in [6.07, 6.45) is 3.06. The van der Waals surface area contributed by atoms with Crippen molar-refractivity contribution in [2.75, 3.05) is 6.54 Å². The summed E-state index contributed by atoms with van der Waals surface area (Å²) in [6, 6.07) is 3.28. The van der Waals surface area contributed by atoms with Crippen molar-refractivity contribution >= 4 is 11.9 Å². The maximum atomic E-state index is 11.6. The fourth-order valence-electron chi connectivity index (χ4n) is 1.75. The van der Waals surface area contributed by atoms with E-state index in [1.165, 1.54) is 17.1 Å². The second-order valence-corrected chi connectivity index (χ2v) is 3.94. The number of carbonyl (C=O) groups is 2. The number of aromatic carboxylic acids is 1. The van der Waals surface area contributed by atoms with Crippen molar-refractivity contribution in [2.24, 2.45) is 0 Å². The highest BCUT2D eigenvalue weighted by atomic mass is 16.4. The summed E-state index contributed by atoms with van der Waals surface area (Å²) in [5, 5.41) is 19.1. The van der Waals surface area contributed by atoms with Crippen molar-refractivity contribution in [3.63, 3.8) is 0 Å². The van der Waals surface area contributed by atoms with E-state index in [0.29, 0.717) is 12.1 Å². The Morgan fingerprint density at radius 1 is 1.35 bits per heavy atom. The van der Waals surface area contributed by atoms with E-state index in [2.05, 4.69) is 20.6 Å². The van der Waals surface area contributed by atoms with Gasteiger partial charge < -0.3 is 10.4 Å². The van der Waals surface area contributed by atoms with Crippen LogP contribution in [0.2, 0.25) is 0 Å². The summed E-state index contributed by atoms with van der Waals surface area (Å²) in [6.45, 7) is 2.20. The van der Waals surface area contributed by atoms with Gasteiger partial charge in [0.15, 0.2) is 5.69 Å². The second kappa shape index (κ2) is 5.91. The molecule has 0 saturated heterocycles. The number of carboxylic acids is 1. The normalized spacial score (nSPS) is 10.2. The molecule has 0 radical (unpaired) electrons. The van der Waals surface area contributed by atoms with Gasteiger partial charge in [0.2, 0.25) is 5.91 Å². The molecule has 2 rings (SSSR count). The van der Waals surface area contributed by atoms with Crippen LogP contribution >= 0.6 is 0 Å². The summed E-state index contributed by atoms with van der Waals surface area (Å²) >= 11 is 0. The molecule has 20 heavy (non-hydrogen) atoms. The Hall–Kier alpha value is -2.77. The zero-order valence-corrected chi connectivity index (χ0v) is 10.8. The highest BCUT2D eigenvalue weighted by Gasteiger charge is 2.21. The van der Waals surface area contributed by atoms with Gasteiger partial charge in [-0.1, -0.05) is 5.21 Å². The highest BCUT2D eigenvalue weighted by Crippen LogP contribution is 2.21. The fraction of sp³-hybridized carbons (Fsp3) is 0.250. The maximum absolute atomic E-state index is 11.6. The average molecular weight is 275 g/mol. The number of pyridine rings is 1. The van der Waals surface area contributed by atoms with Crippen LogP contribution in [0.15, 0.2) is 24.5 Å². The van der Waals surface area contributed by atoms with Gasteiger partial charge in [-0.2, -0.15) is 0 Å². The van der Waals surface area contributed by atoms with Gasteiger partial charge in [0, 0.05) is 24.5 Å². The number of aromatic nitrogens is 4. The predicted molar refractivity (Wildman–Crippen MR) is 68.9 cm³/mol. The zero-order valence-electron chi connectivity index (χ0n) is 10.8. The van der Waals surface area contributed by atoms with Gasteiger partial charge in [-0.15, -0.1) is 5.10 Å². The third-order valence-corrected chi connectivity index (χ3v) is 2.56. The van der Waals surface area contributed by atoms with E-state index in [0.717, 1.165) is 0 Å². The molecule has 0 atom stereocenters. The molecule has 8 heteroatoms. The molecular weight excluding hydrogens is 262 g/mol. The maximum Gasteiger partial charge on any atom is 0.358 e. The number of amides is 1. The van der Waals surface area contributed by atoms with E-state index < -0.39 is 5.97 Å². The van der Waals surface area contributed by atoms with E-state index >= 15 is 0 Å². The second-order valence-electron chi connectivity index (χ2n) is 3.94. The number of rotatable bonds is 5. The van der Waals surface area contributed by atoms with Crippen LogP contribution in [-0.4, -0.2) is 43.5 Å². The van der Waals surface area contributed by atoms with E-state index in [9.17, 15) is 9.59 Å². The molecule has 0 saturated carbocycles. The van der Waals surface area contributed by atoms with Gasteiger partial charge in [0.1, 0.15) is 12.2 Å². The minimum Gasteiger partial charge on any atom is -0.476 e. The van der Waals surface area contributed by atoms with E-state index in [4.69, 9.17) is 5.11 Å². The Morgan fingerprint density at radius 2 is 2.05 bits per heavy atom. The summed E-state index contributed by atoms with van der Waals surface area (Å²) in [5.74, 6) is -1.45. The molecule has 2 aromatic heterocycles. The van der Waals surface area contributed by atoms with Crippen molar-refractivity contribution < 1.29 is 14.7 Å². The average Bonchev–Trinajstić information content (AvgIpc) is 2.83. The van der Waals surface area contributed by atoms with Crippen molar-refractivity contribution in [3.05, 3.63) is 30.2 Å². The molecule has 2 N–H and O–H groups in total. The van der Waals surface area contributed by atoms with Gasteiger partial charge in [0.25, 0.3) is 0 Å². The molecule has 0 aliphatic carbocycles. The number of hydrogen-bond acceptors (Lipinski definition) is 5. The lowest BCUT2D eigenvalue weighted by molar-refractivity contribution is -0.121. The van der Waals surface area contributed by atoms with Crippen molar-refractivity contribution in [1.82, 2.24) is 25.3 Å². The molecule has 2 heterocycles. The number of nitrogens with zero attached hydrogens (tertiary/aromatic N) is 4. The zero-order chi connectivity index (χ0) is 14.5. The smallest absolute Gasteiger partial charge is 0.358 e. The first-order chi connectivity index (χ1) is 9.63. The number of nitrogens with one attached hydrogen (secondary N) is 1. The van der Waals surface area contributed by atoms with E-state index in [1.54, 1.807) is 19.1 Å². The van der Waals surface area contributed by atoms with Crippen LogP contribution < -0.4 is 5.32 Å². The molecule has 0 spiro atoms. The van der Waals surface area contributed by atoms with Gasteiger partial charge in [0.05, 0.1) is 0 Å². The molecule has 0 fully saturated rings. The SMILES string of the molecule is CCNC(=O)Cn1nnc(C(=O)O)c1-c1ccncc1. The number of likely N-dealkylation sites (N-methyl/N-ethyl adjacent to an activating group) is 1. The predicted octanol–water partition coefficient (Wildman–Crippen LogP) is 0.174. The first-order valence-corrected chi connectivity index (χ1v) is 5.97. The first-order valence-electron chi connectivity index (χ1n) is 5.97. The van der Waals surface area contributed by atoms with Crippen LogP contribution in [0.25, 0.3) is 11.3 Å².